The summed E-state index contributed by atoms with van der Waals surface area (Å²) in [6, 6.07) is 0.654. The van der Waals surface area contributed by atoms with Gasteiger partial charge < -0.3 is 39.5 Å². The molecule has 3 saturated heterocycles. The Morgan fingerprint density at radius 2 is 1.74 bits per heavy atom. The maximum atomic E-state index is 14.1. The number of hydrogen-bond acceptors (Lipinski definition) is 8. The lowest BCUT2D eigenvalue weighted by molar-refractivity contribution is -0.163. The molecule has 0 aromatic heterocycles. The number of ether oxygens (including phenoxy) is 3. The number of hydrogen-bond donors (Lipinski definition) is 3. The van der Waals surface area contributed by atoms with Crippen LogP contribution in [0, 0.1) is 23.7 Å². The first-order chi connectivity index (χ1) is 20.4. The summed E-state index contributed by atoms with van der Waals surface area (Å²) in [5.41, 5.74) is 0. The van der Waals surface area contributed by atoms with Crippen molar-refractivity contribution in [1.82, 2.24) is 15.1 Å². The lowest BCUT2D eigenvalue weighted by Gasteiger charge is -2.50. The maximum Gasteiger partial charge on any atom is 0.230 e. The molecule has 6 fully saturated rings. The van der Waals surface area contributed by atoms with E-state index in [2.05, 4.69) is 17.3 Å². The Bertz CT molecular complexity index is 859. The van der Waals surface area contributed by atoms with Gasteiger partial charge in [0.15, 0.2) is 0 Å². The molecule has 0 aromatic rings. The van der Waals surface area contributed by atoms with Crippen molar-refractivity contribution in [2.24, 2.45) is 23.7 Å². The van der Waals surface area contributed by atoms with Crippen LogP contribution in [0.3, 0.4) is 0 Å². The van der Waals surface area contributed by atoms with E-state index < -0.39 is 24.2 Å². The van der Waals surface area contributed by atoms with Gasteiger partial charge in [0.1, 0.15) is 0 Å². The zero-order valence-electron chi connectivity index (χ0n) is 25.9. The van der Waals surface area contributed by atoms with Gasteiger partial charge in [-0.25, -0.2) is 0 Å². The minimum absolute atomic E-state index is 0.0224. The minimum atomic E-state index is -0.862. The van der Waals surface area contributed by atoms with Crippen LogP contribution < -0.4 is 5.32 Å². The molecule has 9 heteroatoms. The Morgan fingerprint density at radius 1 is 0.929 bits per heavy atom. The standard InChI is InChI=1S/C33H57N3O6/c1-35-11-8-26(9-12-35)42-27-15-23-7-13-36(19-28(23)29(18-27)34-24-10-14-40-21-24)33(39)32-30(38)16-25(37)17-31(32)41-20-22-5-3-2-4-6-22/h22-32,34,37-38H,2-21H2,1H3/t23?,24-,25?,27?,28?,29?,30?,31?,32?/m1/s1. The van der Waals surface area contributed by atoms with Crippen LogP contribution in [0.25, 0.3) is 0 Å². The van der Waals surface area contributed by atoms with Crippen LogP contribution in [0.15, 0.2) is 0 Å². The number of fused-ring (bicyclic) bond motifs is 1. The van der Waals surface area contributed by atoms with Gasteiger partial charge in [0, 0.05) is 64.3 Å². The van der Waals surface area contributed by atoms with Gasteiger partial charge in [0.05, 0.1) is 43.0 Å². The number of piperidine rings is 2. The predicted octanol–water partition coefficient (Wildman–Crippen LogP) is 2.57. The summed E-state index contributed by atoms with van der Waals surface area (Å²) in [7, 11) is 2.19. The zero-order chi connectivity index (χ0) is 29.1. The fourth-order valence-electron chi connectivity index (χ4n) is 9.04. The Kier molecular flexibility index (Phi) is 10.8. The van der Waals surface area contributed by atoms with Gasteiger partial charge in [-0.05, 0) is 76.2 Å². The number of nitrogens with one attached hydrogen (secondary N) is 1. The molecule has 6 rings (SSSR count). The number of aliphatic hydroxyl groups is 2. The molecule has 9 atom stereocenters. The second kappa shape index (κ2) is 14.5. The highest BCUT2D eigenvalue weighted by Gasteiger charge is 2.48. The van der Waals surface area contributed by atoms with Crippen molar-refractivity contribution in [2.75, 3.05) is 53.0 Å². The number of carbonyl (C=O) groups excluding carboxylic acids is 1. The number of likely N-dealkylation sites (tertiary alicyclic amines) is 2. The van der Waals surface area contributed by atoms with Crippen molar-refractivity contribution in [3.8, 4) is 0 Å². The third-order valence-electron chi connectivity index (χ3n) is 11.5. The van der Waals surface area contributed by atoms with Gasteiger partial charge in [-0.1, -0.05) is 19.3 Å². The molecule has 6 aliphatic rings. The van der Waals surface area contributed by atoms with E-state index in [1.165, 1.54) is 32.1 Å². The molecule has 3 aliphatic heterocycles. The van der Waals surface area contributed by atoms with Crippen LogP contribution in [0.2, 0.25) is 0 Å². The molecular formula is C33H57N3O6. The van der Waals surface area contributed by atoms with Gasteiger partial charge in [-0.2, -0.15) is 0 Å². The highest BCUT2D eigenvalue weighted by atomic mass is 16.5. The smallest absolute Gasteiger partial charge is 0.230 e. The fourth-order valence-corrected chi connectivity index (χ4v) is 9.04. The normalized spacial score (nSPS) is 41.1. The second-order valence-electron chi connectivity index (χ2n) is 14.7. The summed E-state index contributed by atoms with van der Waals surface area (Å²) in [5.74, 6) is 0.852. The molecule has 3 heterocycles. The predicted molar refractivity (Wildman–Crippen MR) is 160 cm³/mol. The topological polar surface area (TPSA) is 104 Å². The average molecular weight is 592 g/mol. The number of aliphatic hydroxyl groups excluding tert-OH is 2. The first-order valence-electron chi connectivity index (χ1n) is 17.4. The summed E-state index contributed by atoms with van der Waals surface area (Å²) in [4.78, 5) is 18.6. The van der Waals surface area contributed by atoms with E-state index in [0.29, 0.717) is 49.0 Å². The molecule has 3 saturated carbocycles. The molecule has 3 aliphatic carbocycles. The molecule has 0 radical (unpaired) electrons. The van der Waals surface area contributed by atoms with E-state index in [1.54, 1.807) is 0 Å². The maximum absolute atomic E-state index is 14.1. The quantitative estimate of drug-likeness (QED) is 0.396. The monoisotopic (exact) mass is 591 g/mol. The summed E-state index contributed by atoms with van der Waals surface area (Å²) in [6.07, 6.45) is 11.8. The van der Waals surface area contributed by atoms with E-state index in [-0.39, 0.29) is 18.4 Å². The summed E-state index contributed by atoms with van der Waals surface area (Å²) >= 11 is 0. The third kappa shape index (κ3) is 7.69. The molecule has 3 N–H and O–H groups in total. The molecular weight excluding hydrogens is 534 g/mol. The van der Waals surface area contributed by atoms with Gasteiger partial charge in [0.25, 0.3) is 0 Å². The number of amides is 1. The lowest BCUT2D eigenvalue weighted by atomic mass is 9.70. The van der Waals surface area contributed by atoms with Crippen LogP contribution >= 0.6 is 0 Å². The summed E-state index contributed by atoms with van der Waals surface area (Å²) < 4.78 is 18.8. The minimum Gasteiger partial charge on any atom is -0.393 e. The molecule has 42 heavy (non-hydrogen) atoms. The van der Waals surface area contributed by atoms with Crippen LogP contribution in [-0.2, 0) is 19.0 Å². The van der Waals surface area contributed by atoms with E-state index in [4.69, 9.17) is 14.2 Å². The van der Waals surface area contributed by atoms with E-state index in [0.717, 1.165) is 77.9 Å². The molecule has 0 aromatic carbocycles. The van der Waals surface area contributed by atoms with Crippen molar-refractivity contribution in [3.63, 3.8) is 0 Å². The lowest BCUT2D eigenvalue weighted by Crippen LogP contribution is -2.60. The summed E-state index contributed by atoms with van der Waals surface area (Å²) in [6.45, 7) is 5.86. The highest BCUT2D eigenvalue weighted by molar-refractivity contribution is 5.80. The highest BCUT2D eigenvalue weighted by Crippen LogP contribution is 2.40. The van der Waals surface area contributed by atoms with Crippen LogP contribution in [-0.4, -0.2) is 122 Å². The first-order valence-corrected chi connectivity index (χ1v) is 17.4. The number of rotatable bonds is 8. The molecule has 1 amide bonds. The molecule has 8 unspecified atom stereocenters. The molecule has 0 spiro atoms. The number of carbonyl (C=O) groups is 1. The molecule has 0 bridgehead atoms. The van der Waals surface area contributed by atoms with Crippen LogP contribution in [0.5, 0.6) is 0 Å². The van der Waals surface area contributed by atoms with Gasteiger partial charge in [-0.15, -0.1) is 0 Å². The summed E-state index contributed by atoms with van der Waals surface area (Å²) in [5, 5.41) is 25.5. The van der Waals surface area contributed by atoms with Gasteiger partial charge in [0.2, 0.25) is 5.91 Å². The average Bonchev–Trinajstić information content (AvgIpc) is 3.50. The van der Waals surface area contributed by atoms with Gasteiger partial charge in [-0.3, -0.25) is 4.79 Å². The van der Waals surface area contributed by atoms with Crippen molar-refractivity contribution in [3.05, 3.63) is 0 Å². The van der Waals surface area contributed by atoms with Gasteiger partial charge >= 0.3 is 0 Å². The first kappa shape index (κ1) is 31.2. The second-order valence-corrected chi connectivity index (χ2v) is 14.7. The Morgan fingerprint density at radius 3 is 2.50 bits per heavy atom. The van der Waals surface area contributed by atoms with E-state index in [9.17, 15) is 15.0 Å². The Hall–Kier alpha value is -0.810. The largest absolute Gasteiger partial charge is 0.393 e. The number of nitrogens with zero attached hydrogens (tertiary/aromatic N) is 2. The molecule has 240 valence electrons. The zero-order valence-corrected chi connectivity index (χ0v) is 25.9. The Balaban J connectivity index is 1.11. The van der Waals surface area contributed by atoms with Crippen molar-refractivity contribution in [1.29, 1.82) is 0 Å². The van der Waals surface area contributed by atoms with Crippen molar-refractivity contribution in [2.45, 2.75) is 126 Å². The van der Waals surface area contributed by atoms with Crippen molar-refractivity contribution >= 4 is 5.91 Å². The Labute approximate surface area is 253 Å². The fraction of sp³-hybridized carbons (Fsp3) is 0.970. The SMILES string of the molecule is CN1CCC(OC2CC3CCN(C(=O)C4C(O)CC(O)CC4OCC4CCCCC4)CC3C(N[C@@H]3CCOC3)C2)CC1. The molecule has 9 nitrogen and oxygen atoms in total. The van der Waals surface area contributed by atoms with Crippen LogP contribution in [0.4, 0.5) is 0 Å². The van der Waals surface area contributed by atoms with Crippen molar-refractivity contribution < 1.29 is 29.2 Å². The van der Waals surface area contributed by atoms with E-state index >= 15 is 0 Å². The third-order valence-corrected chi connectivity index (χ3v) is 11.5. The van der Waals surface area contributed by atoms with Crippen LogP contribution in [0.1, 0.15) is 83.5 Å². The van der Waals surface area contributed by atoms with E-state index in [1.807, 2.05) is 4.90 Å².